The van der Waals surface area contributed by atoms with Crippen LogP contribution in [0.1, 0.15) is 104 Å². The van der Waals surface area contributed by atoms with Crippen molar-refractivity contribution in [1.29, 1.82) is 0 Å². The standard InChI is InChI=1S/C47H49BN2/c1-44(2,3)28-19-22-31(23-20-28)49-39-18-14-16-32-35-26-30(46(7,8)9)27-36-34-25-29(45(4,5)6)21-24-38(34)50(41(35)36)48(40(32)39)43-42(49)33-15-12-13-17-37(33)47(43,10)11/h12-27H,1-11H3. The van der Waals surface area contributed by atoms with Gasteiger partial charge in [-0.3, -0.25) is 0 Å². The lowest BCUT2D eigenvalue weighted by Crippen LogP contribution is -2.52. The lowest BCUT2D eigenvalue weighted by molar-refractivity contribution is 0.590. The number of nitrogens with zero attached hydrogens (tertiary/aromatic N) is 2. The number of benzene rings is 5. The molecular weight excluding hydrogens is 603 g/mol. The van der Waals surface area contributed by atoms with E-state index in [1.807, 2.05) is 0 Å². The predicted molar refractivity (Wildman–Crippen MR) is 217 cm³/mol. The minimum atomic E-state index is -0.178. The summed E-state index contributed by atoms with van der Waals surface area (Å²) in [6, 6.07) is 37.9. The van der Waals surface area contributed by atoms with E-state index in [2.05, 4.69) is 183 Å². The summed E-state index contributed by atoms with van der Waals surface area (Å²) in [6.45, 7) is 25.9. The molecule has 0 spiro atoms. The fraction of sp³-hybridized carbons (Fsp3) is 0.319. The predicted octanol–water partition coefficient (Wildman–Crippen LogP) is 11.8. The molecule has 2 aliphatic heterocycles. The van der Waals surface area contributed by atoms with Gasteiger partial charge >= 0.3 is 6.85 Å². The molecule has 3 aliphatic rings. The topological polar surface area (TPSA) is 8.17 Å². The zero-order valence-electron chi connectivity index (χ0n) is 31.7. The van der Waals surface area contributed by atoms with Crippen LogP contribution in [0.4, 0.5) is 11.4 Å². The van der Waals surface area contributed by atoms with Gasteiger partial charge in [0, 0.05) is 55.4 Å². The Kier molecular flexibility index (Phi) is 6.20. The number of anilines is 2. The van der Waals surface area contributed by atoms with Crippen molar-refractivity contribution in [3.8, 4) is 11.1 Å². The van der Waals surface area contributed by atoms with Crippen LogP contribution in [0.5, 0.6) is 0 Å². The summed E-state index contributed by atoms with van der Waals surface area (Å²) < 4.78 is 2.74. The number of hydrogen-bond donors (Lipinski definition) is 0. The summed E-state index contributed by atoms with van der Waals surface area (Å²) in [5.41, 5.74) is 19.0. The van der Waals surface area contributed by atoms with E-state index in [0.717, 1.165) is 0 Å². The van der Waals surface area contributed by atoms with Crippen LogP contribution in [0.3, 0.4) is 0 Å². The van der Waals surface area contributed by atoms with Crippen molar-refractivity contribution in [1.82, 2.24) is 4.48 Å². The highest BCUT2D eigenvalue weighted by atomic mass is 15.2. The van der Waals surface area contributed by atoms with Crippen LogP contribution in [0, 0.1) is 0 Å². The van der Waals surface area contributed by atoms with Gasteiger partial charge in [-0.25, -0.2) is 0 Å². The monoisotopic (exact) mass is 652 g/mol. The molecule has 0 bridgehead atoms. The molecule has 0 unspecified atom stereocenters. The van der Waals surface area contributed by atoms with Crippen LogP contribution in [0.15, 0.2) is 103 Å². The zero-order chi connectivity index (χ0) is 35.3. The van der Waals surface area contributed by atoms with Gasteiger partial charge in [-0.05, 0) is 97.5 Å². The Hall–Kier alpha value is -4.50. The van der Waals surface area contributed by atoms with E-state index in [1.54, 1.807) is 0 Å². The summed E-state index contributed by atoms with van der Waals surface area (Å²) in [5.74, 6) is 0. The highest BCUT2D eigenvalue weighted by Gasteiger charge is 2.53. The van der Waals surface area contributed by atoms with E-state index < -0.39 is 0 Å². The molecule has 0 saturated heterocycles. The molecule has 0 radical (unpaired) electrons. The lowest BCUT2D eigenvalue weighted by atomic mass is 9.40. The SMILES string of the molecule is CC(C)(C)c1ccc(N2C3=C(B4c5c(cccc52)-c2cc(C(C)(C)C)cc5c6cc(C(C)(C)C)ccc6n4c25)C(C)(C)c2ccccc23)cc1. The normalized spacial score (nSPS) is 16.3. The van der Waals surface area contributed by atoms with Crippen LogP contribution in [-0.2, 0) is 21.7 Å². The Bertz CT molecular complexity index is 2450. The molecule has 2 nitrogen and oxygen atoms in total. The Labute approximate surface area is 298 Å². The molecule has 50 heavy (non-hydrogen) atoms. The first-order valence-electron chi connectivity index (χ1n) is 18.5. The van der Waals surface area contributed by atoms with Crippen LogP contribution in [-0.4, -0.2) is 11.3 Å². The first-order chi connectivity index (χ1) is 23.5. The maximum atomic E-state index is 2.74. The maximum absolute atomic E-state index is 2.74. The first kappa shape index (κ1) is 31.5. The Morgan fingerprint density at radius 2 is 1.18 bits per heavy atom. The molecule has 0 amide bonds. The van der Waals surface area contributed by atoms with Crippen molar-refractivity contribution in [2.75, 3.05) is 4.90 Å². The molecular formula is C47H49BN2. The number of fused-ring (bicyclic) bond motifs is 8. The Morgan fingerprint density at radius 3 is 1.86 bits per heavy atom. The summed E-state index contributed by atoms with van der Waals surface area (Å²) in [6.07, 6.45) is 0. The average molecular weight is 653 g/mol. The third-order valence-electron chi connectivity index (χ3n) is 12.0. The molecule has 3 heterocycles. The van der Waals surface area contributed by atoms with E-state index in [4.69, 9.17) is 0 Å². The van der Waals surface area contributed by atoms with E-state index in [1.165, 1.54) is 88.8 Å². The number of allylic oxidation sites excluding steroid dienone is 1. The van der Waals surface area contributed by atoms with E-state index in [-0.39, 0.29) is 28.5 Å². The highest BCUT2D eigenvalue weighted by molar-refractivity contribution is 6.85. The Morgan fingerprint density at radius 1 is 0.560 bits per heavy atom. The molecule has 6 aromatic rings. The van der Waals surface area contributed by atoms with Crippen molar-refractivity contribution < 1.29 is 0 Å². The third-order valence-corrected chi connectivity index (χ3v) is 12.0. The third kappa shape index (κ3) is 4.16. The van der Waals surface area contributed by atoms with Gasteiger partial charge < -0.3 is 9.38 Å². The van der Waals surface area contributed by atoms with Crippen molar-refractivity contribution in [2.24, 2.45) is 0 Å². The summed E-state index contributed by atoms with van der Waals surface area (Å²) in [7, 11) is 0. The van der Waals surface area contributed by atoms with E-state index in [9.17, 15) is 0 Å². The smallest absolute Gasteiger partial charge is 0.329 e. The molecule has 0 saturated carbocycles. The number of hydrogen-bond acceptors (Lipinski definition) is 1. The van der Waals surface area contributed by atoms with Crippen molar-refractivity contribution >= 4 is 51.2 Å². The van der Waals surface area contributed by atoms with Gasteiger partial charge in [0.05, 0.1) is 0 Å². The summed E-state index contributed by atoms with van der Waals surface area (Å²) in [4.78, 5) is 2.60. The number of rotatable bonds is 1. The lowest BCUT2D eigenvalue weighted by Gasteiger charge is -2.43. The molecule has 1 aromatic heterocycles. The first-order valence-corrected chi connectivity index (χ1v) is 18.5. The second-order valence-corrected chi connectivity index (χ2v) is 18.7. The van der Waals surface area contributed by atoms with Crippen LogP contribution in [0.25, 0.3) is 38.6 Å². The second kappa shape index (κ2) is 9.84. The van der Waals surface area contributed by atoms with Gasteiger partial charge in [0.1, 0.15) is 0 Å². The van der Waals surface area contributed by atoms with Crippen molar-refractivity contribution in [2.45, 2.75) is 97.8 Å². The molecule has 3 heteroatoms. The molecule has 0 fully saturated rings. The largest absolute Gasteiger partial charge is 0.376 e. The van der Waals surface area contributed by atoms with Crippen LogP contribution in [0.2, 0.25) is 0 Å². The molecule has 1 aliphatic carbocycles. The maximum Gasteiger partial charge on any atom is 0.329 e. The van der Waals surface area contributed by atoms with Crippen LogP contribution >= 0.6 is 0 Å². The zero-order valence-corrected chi connectivity index (χ0v) is 31.7. The summed E-state index contributed by atoms with van der Waals surface area (Å²) in [5, 5.41) is 2.74. The van der Waals surface area contributed by atoms with E-state index in [0.29, 0.717) is 0 Å². The van der Waals surface area contributed by atoms with Crippen molar-refractivity contribution in [3.63, 3.8) is 0 Å². The Balaban J connectivity index is 1.45. The fourth-order valence-electron chi connectivity index (χ4n) is 9.26. The van der Waals surface area contributed by atoms with Crippen molar-refractivity contribution in [3.05, 3.63) is 130 Å². The molecule has 9 rings (SSSR count). The fourth-order valence-corrected chi connectivity index (χ4v) is 9.26. The van der Waals surface area contributed by atoms with Gasteiger partial charge in [0.25, 0.3) is 0 Å². The molecule has 0 atom stereocenters. The minimum absolute atomic E-state index is 0.0120. The number of aromatic nitrogens is 1. The van der Waals surface area contributed by atoms with Gasteiger partial charge in [-0.1, -0.05) is 131 Å². The average Bonchev–Trinajstić information content (AvgIpc) is 3.51. The quantitative estimate of drug-likeness (QED) is 0.161. The van der Waals surface area contributed by atoms with Gasteiger partial charge in [-0.2, -0.15) is 0 Å². The summed E-state index contributed by atoms with van der Waals surface area (Å²) >= 11 is 0. The minimum Gasteiger partial charge on any atom is -0.376 e. The van der Waals surface area contributed by atoms with E-state index >= 15 is 0 Å². The molecule has 250 valence electrons. The highest BCUT2D eigenvalue weighted by Crippen LogP contribution is 2.56. The second-order valence-electron chi connectivity index (χ2n) is 18.7. The van der Waals surface area contributed by atoms with Gasteiger partial charge in [0.15, 0.2) is 0 Å². The molecule has 0 N–H and O–H groups in total. The molecule has 5 aromatic carbocycles. The van der Waals surface area contributed by atoms with Crippen LogP contribution < -0.4 is 10.4 Å². The van der Waals surface area contributed by atoms with Gasteiger partial charge in [0.2, 0.25) is 0 Å². The van der Waals surface area contributed by atoms with Gasteiger partial charge in [-0.15, -0.1) is 0 Å².